The maximum Gasteiger partial charge on any atom is 0.0568 e. The highest BCUT2D eigenvalue weighted by Crippen LogP contribution is 2.48. The minimum absolute atomic E-state index is 0.154. The molecule has 4 rings (SSSR count). The smallest absolute Gasteiger partial charge is 0.0568 e. The quantitative estimate of drug-likeness (QED) is 0.426. The molecule has 0 bridgehead atoms. The van der Waals surface area contributed by atoms with Crippen LogP contribution in [-0.4, -0.2) is 44.8 Å². The summed E-state index contributed by atoms with van der Waals surface area (Å²) < 4.78 is 0. The fraction of sp³-hybridized carbons (Fsp3) is 1.00. The van der Waals surface area contributed by atoms with Crippen molar-refractivity contribution in [3.8, 4) is 0 Å². The van der Waals surface area contributed by atoms with Crippen LogP contribution in [0.2, 0.25) is 0 Å². The summed E-state index contributed by atoms with van der Waals surface area (Å²) in [6, 6.07) is 0. The topological polar surface area (TPSA) is 80.9 Å². The Bertz CT molecular complexity index is 585. The summed E-state index contributed by atoms with van der Waals surface area (Å²) in [6.45, 7) is 8.97. The number of rotatable bonds is 5. The molecule has 0 radical (unpaired) electrons. The van der Waals surface area contributed by atoms with Gasteiger partial charge in [0.1, 0.15) is 0 Å². The van der Waals surface area contributed by atoms with Crippen molar-refractivity contribution in [2.75, 3.05) is 0 Å². The molecule has 0 aromatic carbocycles. The summed E-state index contributed by atoms with van der Waals surface area (Å²) in [6.07, 6.45) is 12.1. The molecule has 14 atom stereocenters. The predicted octanol–water partition coefficient (Wildman–Crippen LogP) is 5.41. The van der Waals surface area contributed by atoms with Crippen LogP contribution in [0.4, 0.5) is 0 Å². The first-order valence-corrected chi connectivity index (χ1v) is 14.8. The molecule has 0 amide bonds. The van der Waals surface area contributed by atoms with Gasteiger partial charge in [-0.25, -0.2) is 0 Å². The van der Waals surface area contributed by atoms with Gasteiger partial charge in [0.15, 0.2) is 0 Å². The van der Waals surface area contributed by atoms with Gasteiger partial charge in [-0.2, -0.15) is 0 Å². The standard InChI is InChI=1S/C30H54O4/c1-17-11-29(33)19(3)9-23(17)15-25-13-21(5-7-27(25)31)22-6-8-28(32)26(14-22)16-24-10-20(4)30(34)12-18(24)2/h17-34H,5-16H2,1-4H3. The van der Waals surface area contributed by atoms with E-state index in [0.29, 0.717) is 59.2 Å². The fourth-order valence-corrected chi connectivity index (χ4v) is 8.71. The molecule has 0 aromatic heterocycles. The largest absolute Gasteiger partial charge is 0.393 e. The Morgan fingerprint density at radius 1 is 0.412 bits per heavy atom. The van der Waals surface area contributed by atoms with Crippen molar-refractivity contribution in [3.05, 3.63) is 0 Å². The van der Waals surface area contributed by atoms with Gasteiger partial charge in [0.25, 0.3) is 0 Å². The molecule has 0 aliphatic heterocycles. The lowest BCUT2D eigenvalue weighted by molar-refractivity contribution is -0.0348. The van der Waals surface area contributed by atoms with Crippen LogP contribution >= 0.6 is 0 Å². The first kappa shape index (κ1) is 26.9. The Kier molecular flexibility index (Phi) is 9.08. The molecule has 0 saturated heterocycles. The lowest BCUT2D eigenvalue weighted by Crippen LogP contribution is -2.41. The molecular weight excluding hydrogens is 424 g/mol. The zero-order chi connectivity index (χ0) is 24.6. The van der Waals surface area contributed by atoms with Crippen LogP contribution in [-0.2, 0) is 0 Å². The molecule has 0 aromatic rings. The second-order valence-corrected chi connectivity index (χ2v) is 13.8. The summed E-state index contributed by atoms with van der Waals surface area (Å²) in [5, 5.41) is 42.3. The van der Waals surface area contributed by atoms with Crippen molar-refractivity contribution in [1.82, 2.24) is 0 Å². The summed E-state index contributed by atoms with van der Waals surface area (Å²) in [7, 11) is 0. The summed E-state index contributed by atoms with van der Waals surface area (Å²) in [5.41, 5.74) is 0. The van der Waals surface area contributed by atoms with E-state index in [9.17, 15) is 20.4 Å². The molecule has 4 aliphatic carbocycles. The summed E-state index contributed by atoms with van der Waals surface area (Å²) in [4.78, 5) is 0. The third kappa shape index (κ3) is 6.21. The van der Waals surface area contributed by atoms with Crippen LogP contribution in [0, 0.1) is 59.2 Å². The van der Waals surface area contributed by atoms with Crippen LogP contribution in [0.3, 0.4) is 0 Å². The molecule has 4 heteroatoms. The van der Waals surface area contributed by atoms with E-state index in [2.05, 4.69) is 27.7 Å². The highest BCUT2D eigenvalue weighted by molar-refractivity contribution is 4.92. The molecule has 4 aliphatic rings. The van der Waals surface area contributed by atoms with Crippen LogP contribution in [0.25, 0.3) is 0 Å². The van der Waals surface area contributed by atoms with Gasteiger partial charge in [-0.1, -0.05) is 27.7 Å². The second kappa shape index (κ2) is 11.5. The highest BCUT2D eigenvalue weighted by atomic mass is 16.3. The van der Waals surface area contributed by atoms with Crippen molar-refractivity contribution in [1.29, 1.82) is 0 Å². The SMILES string of the molecule is CC1CC(CC2CC(C3CCC(O)C(CC4CC(C)C(O)CC4C)C3)CCC2O)C(C)CC1O. The van der Waals surface area contributed by atoms with E-state index in [4.69, 9.17) is 0 Å². The molecule has 4 saturated carbocycles. The van der Waals surface area contributed by atoms with Crippen molar-refractivity contribution in [2.24, 2.45) is 59.2 Å². The van der Waals surface area contributed by atoms with E-state index in [1.807, 2.05) is 0 Å². The fourth-order valence-electron chi connectivity index (χ4n) is 8.71. The zero-order valence-electron chi connectivity index (χ0n) is 22.4. The minimum atomic E-state index is -0.161. The zero-order valence-corrected chi connectivity index (χ0v) is 22.4. The van der Waals surface area contributed by atoms with E-state index in [-0.39, 0.29) is 24.4 Å². The van der Waals surface area contributed by atoms with Gasteiger partial charge < -0.3 is 20.4 Å². The number of aliphatic hydroxyl groups excluding tert-OH is 4. The van der Waals surface area contributed by atoms with Gasteiger partial charge in [0.2, 0.25) is 0 Å². The Hall–Kier alpha value is -0.160. The van der Waals surface area contributed by atoms with Crippen LogP contribution in [0.15, 0.2) is 0 Å². The molecule has 34 heavy (non-hydrogen) atoms. The van der Waals surface area contributed by atoms with Gasteiger partial charge in [0, 0.05) is 0 Å². The summed E-state index contributed by atoms with van der Waals surface area (Å²) in [5.74, 6) is 5.29. The normalized spacial score (nSPS) is 52.9. The first-order valence-electron chi connectivity index (χ1n) is 14.8. The number of hydrogen-bond acceptors (Lipinski definition) is 4. The molecule has 0 spiro atoms. The number of hydrogen-bond donors (Lipinski definition) is 4. The number of aliphatic hydroxyl groups is 4. The molecule has 4 fully saturated rings. The average molecular weight is 479 g/mol. The van der Waals surface area contributed by atoms with E-state index in [1.54, 1.807) is 0 Å². The molecule has 14 unspecified atom stereocenters. The van der Waals surface area contributed by atoms with Gasteiger partial charge in [0.05, 0.1) is 24.4 Å². The van der Waals surface area contributed by atoms with E-state index >= 15 is 0 Å². The maximum atomic E-state index is 10.9. The molecule has 4 nitrogen and oxygen atoms in total. The second-order valence-electron chi connectivity index (χ2n) is 13.8. The van der Waals surface area contributed by atoms with E-state index in [1.165, 1.54) is 0 Å². The van der Waals surface area contributed by atoms with Gasteiger partial charge >= 0.3 is 0 Å². The van der Waals surface area contributed by atoms with Crippen LogP contribution in [0.1, 0.15) is 105 Å². The van der Waals surface area contributed by atoms with Gasteiger partial charge in [-0.15, -0.1) is 0 Å². The van der Waals surface area contributed by atoms with Crippen molar-refractivity contribution < 1.29 is 20.4 Å². The lowest BCUT2D eigenvalue weighted by atomic mass is 9.62. The third-order valence-corrected chi connectivity index (χ3v) is 11.3. The lowest BCUT2D eigenvalue weighted by Gasteiger charge is -2.45. The van der Waals surface area contributed by atoms with Crippen molar-refractivity contribution in [3.63, 3.8) is 0 Å². The Labute approximate surface area is 208 Å². The van der Waals surface area contributed by atoms with Crippen LogP contribution in [0.5, 0.6) is 0 Å². The average Bonchev–Trinajstić information content (AvgIpc) is 2.78. The Morgan fingerprint density at radius 2 is 0.794 bits per heavy atom. The molecule has 0 heterocycles. The molecule has 4 N–H and O–H groups in total. The monoisotopic (exact) mass is 478 g/mol. The summed E-state index contributed by atoms with van der Waals surface area (Å²) >= 11 is 0. The Balaban J connectivity index is 1.34. The van der Waals surface area contributed by atoms with Crippen molar-refractivity contribution in [2.45, 2.75) is 129 Å². The van der Waals surface area contributed by atoms with E-state index in [0.717, 1.165) is 77.0 Å². The van der Waals surface area contributed by atoms with E-state index < -0.39 is 0 Å². The third-order valence-electron chi connectivity index (χ3n) is 11.3. The minimum Gasteiger partial charge on any atom is -0.393 e. The van der Waals surface area contributed by atoms with Crippen LogP contribution < -0.4 is 0 Å². The maximum absolute atomic E-state index is 10.9. The predicted molar refractivity (Wildman–Crippen MR) is 137 cm³/mol. The van der Waals surface area contributed by atoms with Crippen molar-refractivity contribution >= 4 is 0 Å². The molecule has 198 valence electrons. The highest BCUT2D eigenvalue weighted by Gasteiger charge is 2.42. The Morgan fingerprint density at radius 3 is 1.18 bits per heavy atom. The van der Waals surface area contributed by atoms with Gasteiger partial charge in [-0.05, 0) is 136 Å². The molecular formula is C30H54O4. The first-order chi connectivity index (χ1) is 16.1. The van der Waals surface area contributed by atoms with Gasteiger partial charge in [-0.3, -0.25) is 0 Å².